The minimum Gasteiger partial charge on any atom is -0.456 e. The van der Waals surface area contributed by atoms with Crippen LogP contribution in [0.2, 0.25) is 0 Å². The van der Waals surface area contributed by atoms with Crippen LogP contribution in [-0.4, -0.2) is 6.04 Å². The molecule has 2 heteroatoms. The predicted octanol–water partition coefficient (Wildman–Crippen LogP) is 14.3. The maximum atomic E-state index is 6.26. The number of hydrogen-bond acceptors (Lipinski definition) is 2. The van der Waals surface area contributed by atoms with Gasteiger partial charge in [-0.15, -0.1) is 0 Å². The molecular formula is C52H37NO. The second-order valence-electron chi connectivity index (χ2n) is 14.0. The average molecular weight is 692 g/mol. The molecule has 256 valence electrons. The fourth-order valence-electron chi connectivity index (χ4n) is 8.34. The molecular weight excluding hydrogens is 655 g/mol. The molecule has 1 atom stereocenters. The topological polar surface area (TPSA) is 16.4 Å². The molecule has 0 spiro atoms. The van der Waals surface area contributed by atoms with E-state index in [-0.39, 0.29) is 6.04 Å². The first-order chi connectivity index (χ1) is 26.8. The Morgan fingerprint density at radius 2 is 0.963 bits per heavy atom. The first-order valence-electron chi connectivity index (χ1n) is 18.7. The van der Waals surface area contributed by atoms with Crippen LogP contribution in [0.4, 0.5) is 11.4 Å². The molecule has 0 bridgehead atoms. The normalized spacial score (nSPS) is 14.1. The molecule has 0 fully saturated rings. The first-order valence-corrected chi connectivity index (χ1v) is 18.7. The summed E-state index contributed by atoms with van der Waals surface area (Å²) < 4.78 is 6.26. The second-order valence-corrected chi connectivity index (χ2v) is 14.0. The molecule has 0 N–H and O–H groups in total. The van der Waals surface area contributed by atoms with Gasteiger partial charge in [-0.2, -0.15) is 0 Å². The Morgan fingerprint density at radius 3 is 1.69 bits per heavy atom. The van der Waals surface area contributed by atoms with Crippen LogP contribution >= 0.6 is 0 Å². The monoisotopic (exact) mass is 691 g/mol. The summed E-state index contributed by atoms with van der Waals surface area (Å²) in [6.45, 7) is 0. The zero-order valence-corrected chi connectivity index (χ0v) is 29.8. The van der Waals surface area contributed by atoms with Crippen LogP contribution < -0.4 is 4.90 Å². The lowest BCUT2D eigenvalue weighted by atomic mass is 9.85. The highest BCUT2D eigenvalue weighted by Crippen LogP contribution is 2.43. The van der Waals surface area contributed by atoms with Crippen molar-refractivity contribution in [2.45, 2.75) is 12.5 Å². The van der Waals surface area contributed by atoms with Crippen molar-refractivity contribution in [3.63, 3.8) is 0 Å². The molecule has 8 aromatic carbocycles. The molecule has 0 saturated carbocycles. The van der Waals surface area contributed by atoms with Crippen molar-refractivity contribution in [2.75, 3.05) is 4.90 Å². The summed E-state index contributed by atoms with van der Waals surface area (Å²) in [5.41, 5.74) is 13.9. The van der Waals surface area contributed by atoms with E-state index in [1.54, 1.807) is 0 Å². The van der Waals surface area contributed by atoms with Crippen molar-refractivity contribution in [1.29, 1.82) is 0 Å². The van der Waals surface area contributed by atoms with Crippen LogP contribution in [0.5, 0.6) is 0 Å². The molecule has 10 rings (SSSR count). The molecule has 0 amide bonds. The third kappa shape index (κ3) is 5.60. The van der Waals surface area contributed by atoms with Gasteiger partial charge in [0.1, 0.15) is 11.2 Å². The van der Waals surface area contributed by atoms with Crippen molar-refractivity contribution in [2.24, 2.45) is 0 Å². The summed E-state index contributed by atoms with van der Waals surface area (Å²) in [5.74, 6) is 0. The highest BCUT2D eigenvalue weighted by atomic mass is 16.3. The van der Waals surface area contributed by atoms with E-state index in [0.29, 0.717) is 0 Å². The highest BCUT2D eigenvalue weighted by Gasteiger charge is 2.28. The molecule has 1 heterocycles. The van der Waals surface area contributed by atoms with Gasteiger partial charge in [0, 0.05) is 22.1 Å². The lowest BCUT2D eigenvalue weighted by Gasteiger charge is -2.37. The number of nitrogens with zero attached hydrogens (tertiary/aromatic N) is 1. The van der Waals surface area contributed by atoms with Crippen LogP contribution in [0, 0.1) is 0 Å². The third-order valence-electron chi connectivity index (χ3n) is 10.9. The standard InChI is InChI=1S/C52H37NO/c1-3-14-36(15-4-1)37-28-32-41(33-29-37)53(42-34-30-39(31-35-42)44-23-13-27-50-52(44)47-21-8-10-26-49(47)54-50)48-25-9-7-20-45(48)46-24-12-19-40-18-11-22-43(51(40)46)38-16-5-2-6-17-38/h1-24,26-35,48H,25H2. The Morgan fingerprint density at radius 1 is 0.426 bits per heavy atom. The van der Waals surface area contributed by atoms with Gasteiger partial charge in [0.15, 0.2) is 0 Å². The maximum Gasteiger partial charge on any atom is 0.136 e. The third-order valence-corrected chi connectivity index (χ3v) is 10.9. The summed E-state index contributed by atoms with van der Waals surface area (Å²) >= 11 is 0. The Labute approximate surface area is 315 Å². The molecule has 0 radical (unpaired) electrons. The molecule has 0 aliphatic heterocycles. The summed E-state index contributed by atoms with van der Waals surface area (Å²) in [4.78, 5) is 2.53. The van der Waals surface area contributed by atoms with Crippen molar-refractivity contribution < 1.29 is 4.42 Å². The minimum absolute atomic E-state index is 0.0547. The van der Waals surface area contributed by atoms with Gasteiger partial charge in [0.25, 0.3) is 0 Å². The van der Waals surface area contributed by atoms with E-state index in [0.717, 1.165) is 45.3 Å². The molecule has 54 heavy (non-hydrogen) atoms. The van der Waals surface area contributed by atoms with Crippen LogP contribution in [-0.2, 0) is 0 Å². The molecule has 1 aromatic heterocycles. The zero-order valence-electron chi connectivity index (χ0n) is 29.8. The average Bonchev–Trinajstić information content (AvgIpc) is 3.64. The molecule has 2 nitrogen and oxygen atoms in total. The van der Waals surface area contributed by atoms with Crippen LogP contribution in [0.3, 0.4) is 0 Å². The highest BCUT2D eigenvalue weighted by molar-refractivity contribution is 6.12. The maximum absolute atomic E-state index is 6.26. The number of benzene rings is 8. The van der Waals surface area contributed by atoms with Gasteiger partial charge in [-0.25, -0.2) is 0 Å². The number of hydrogen-bond donors (Lipinski definition) is 0. The zero-order chi connectivity index (χ0) is 35.8. The Balaban J connectivity index is 1.12. The smallest absolute Gasteiger partial charge is 0.136 e. The van der Waals surface area contributed by atoms with Gasteiger partial charge in [-0.1, -0.05) is 170 Å². The number of furan rings is 1. The van der Waals surface area contributed by atoms with E-state index in [2.05, 4.69) is 199 Å². The fraction of sp³-hybridized carbons (Fsp3) is 0.0385. The first kappa shape index (κ1) is 31.8. The molecule has 1 aliphatic rings. The second kappa shape index (κ2) is 13.6. The Bertz CT molecular complexity index is 2820. The largest absolute Gasteiger partial charge is 0.456 e. The molecule has 1 unspecified atom stereocenters. The molecule has 9 aromatic rings. The number of rotatable bonds is 7. The van der Waals surface area contributed by atoms with Gasteiger partial charge in [-0.05, 0) is 98.1 Å². The van der Waals surface area contributed by atoms with Gasteiger partial charge in [0.2, 0.25) is 0 Å². The summed E-state index contributed by atoms with van der Waals surface area (Å²) in [7, 11) is 0. The predicted molar refractivity (Wildman–Crippen MR) is 228 cm³/mol. The van der Waals surface area contributed by atoms with E-state index in [1.165, 1.54) is 49.7 Å². The van der Waals surface area contributed by atoms with Crippen molar-refractivity contribution >= 4 is 49.7 Å². The molecule has 0 saturated heterocycles. The number of para-hydroxylation sites is 1. The van der Waals surface area contributed by atoms with E-state index in [4.69, 9.17) is 4.42 Å². The van der Waals surface area contributed by atoms with E-state index in [1.807, 2.05) is 12.1 Å². The summed E-state index contributed by atoms with van der Waals surface area (Å²) in [6.07, 6.45) is 7.74. The van der Waals surface area contributed by atoms with E-state index in [9.17, 15) is 0 Å². The van der Waals surface area contributed by atoms with Gasteiger partial charge < -0.3 is 9.32 Å². The van der Waals surface area contributed by atoms with Crippen molar-refractivity contribution in [3.05, 3.63) is 212 Å². The number of fused-ring (bicyclic) bond motifs is 4. The number of allylic oxidation sites excluding steroid dienone is 2. The van der Waals surface area contributed by atoms with Gasteiger partial charge in [-0.3, -0.25) is 0 Å². The Hall–Kier alpha value is -6.90. The SMILES string of the molecule is C1=CCC(N(c2ccc(-c3ccccc3)cc2)c2ccc(-c3cccc4oc5ccccc5c34)cc2)C(c2cccc3cccc(-c4ccccc4)c23)=C1. The Kier molecular flexibility index (Phi) is 8.00. The summed E-state index contributed by atoms with van der Waals surface area (Å²) in [6, 6.07) is 67.7. The van der Waals surface area contributed by atoms with Crippen molar-refractivity contribution in [1.82, 2.24) is 0 Å². The van der Waals surface area contributed by atoms with Gasteiger partial charge >= 0.3 is 0 Å². The summed E-state index contributed by atoms with van der Waals surface area (Å²) in [5, 5.41) is 4.82. The van der Waals surface area contributed by atoms with Crippen LogP contribution in [0.1, 0.15) is 12.0 Å². The van der Waals surface area contributed by atoms with Gasteiger partial charge in [0.05, 0.1) is 6.04 Å². The number of anilines is 2. The van der Waals surface area contributed by atoms with E-state index >= 15 is 0 Å². The lowest BCUT2D eigenvalue weighted by Crippen LogP contribution is -2.33. The van der Waals surface area contributed by atoms with E-state index < -0.39 is 0 Å². The fourth-order valence-corrected chi connectivity index (χ4v) is 8.34. The minimum atomic E-state index is 0.0547. The molecule has 1 aliphatic carbocycles. The van der Waals surface area contributed by atoms with Crippen LogP contribution in [0.15, 0.2) is 211 Å². The lowest BCUT2D eigenvalue weighted by molar-refractivity contribution is 0.669. The van der Waals surface area contributed by atoms with Crippen LogP contribution in [0.25, 0.3) is 71.7 Å². The quantitative estimate of drug-likeness (QED) is 0.165. The van der Waals surface area contributed by atoms with Crippen molar-refractivity contribution in [3.8, 4) is 33.4 Å².